The summed E-state index contributed by atoms with van der Waals surface area (Å²) in [4.78, 5) is 14.2. The monoisotopic (exact) mass is 328 g/mol. The number of hydrogen-bond donors (Lipinski definition) is 2. The first-order valence-corrected chi connectivity index (χ1v) is 7.69. The molecule has 2 aliphatic heterocycles. The molecule has 2 heterocycles. The van der Waals surface area contributed by atoms with Crippen molar-refractivity contribution in [2.45, 2.75) is 24.7 Å². The van der Waals surface area contributed by atoms with E-state index in [-0.39, 0.29) is 23.1 Å². The zero-order valence-corrected chi connectivity index (χ0v) is 12.7. The van der Waals surface area contributed by atoms with Crippen molar-refractivity contribution in [1.29, 1.82) is 0 Å². The number of β-amino-alcohol motifs (C(OH)–C–C–N with tert-alkyl or cyclic N) is 1. The van der Waals surface area contributed by atoms with Gasteiger partial charge in [-0.15, -0.1) is 0 Å². The SMILES string of the molecule is O=C([C@@H]1C[C@@H](O)CN1)N1CCO[C@@H](c2ccc(F)c(Cl)c2)C1. The van der Waals surface area contributed by atoms with Crippen LogP contribution in [-0.4, -0.2) is 54.3 Å². The molecule has 120 valence electrons. The third-order valence-corrected chi connectivity index (χ3v) is 4.39. The fourth-order valence-electron chi connectivity index (χ4n) is 2.89. The summed E-state index contributed by atoms with van der Waals surface area (Å²) in [7, 11) is 0. The number of rotatable bonds is 2. The van der Waals surface area contributed by atoms with Crippen LogP contribution in [0.25, 0.3) is 0 Å². The van der Waals surface area contributed by atoms with E-state index in [1.807, 2.05) is 0 Å². The maximum Gasteiger partial charge on any atom is 0.239 e. The summed E-state index contributed by atoms with van der Waals surface area (Å²) in [6.45, 7) is 1.77. The minimum atomic E-state index is -0.474. The first-order chi connectivity index (χ1) is 10.5. The maximum atomic E-state index is 13.2. The van der Waals surface area contributed by atoms with Gasteiger partial charge >= 0.3 is 0 Å². The van der Waals surface area contributed by atoms with Crippen LogP contribution in [-0.2, 0) is 9.53 Å². The van der Waals surface area contributed by atoms with Gasteiger partial charge in [-0.2, -0.15) is 0 Å². The van der Waals surface area contributed by atoms with Gasteiger partial charge in [-0.05, 0) is 24.1 Å². The molecular weight excluding hydrogens is 311 g/mol. The molecule has 3 atom stereocenters. The molecule has 1 amide bonds. The number of nitrogens with one attached hydrogen (secondary N) is 1. The number of halogens is 2. The Morgan fingerprint density at radius 2 is 2.32 bits per heavy atom. The second-order valence-electron chi connectivity index (χ2n) is 5.67. The number of aliphatic hydroxyl groups is 1. The van der Waals surface area contributed by atoms with Crippen LogP contribution >= 0.6 is 11.6 Å². The summed E-state index contributed by atoms with van der Waals surface area (Å²) >= 11 is 5.80. The summed E-state index contributed by atoms with van der Waals surface area (Å²) in [5.74, 6) is -0.503. The molecule has 0 bridgehead atoms. The molecule has 1 aromatic carbocycles. The number of benzene rings is 1. The lowest BCUT2D eigenvalue weighted by molar-refractivity contribution is -0.141. The third kappa shape index (κ3) is 3.25. The second-order valence-corrected chi connectivity index (χ2v) is 6.07. The number of morpholine rings is 1. The molecule has 2 aliphatic rings. The Kier molecular flexibility index (Phi) is 4.63. The number of nitrogens with zero attached hydrogens (tertiary/aromatic N) is 1. The highest BCUT2D eigenvalue weighted by Crippen LogP contribution is 2.26. The normalized spacial score (nSPS) is 28.9. The summed E-state index contributed by atoms with van der Waals surface area (Å²) in [5, 5.41) is 12.6. The topological polar surface area (TPSA) is 61.8 Å². The number of amides is 1. The van der Waals surface area contributed by atoms with Gasteiger partial charge in [0.25, 0.3) is 0 Å². The van der Waals surface area contributed by atoms with Crippen molar-refractivity contribution < 1.29 is 19.0 Å². The van der Waals surface area contributed by atoms with Gasteiger partial charge in [0, 0.05) is 13.1 Å². The van der Waals surface area contributed by atoms with Crippen molar-refractivity contribution in [2.75, 3.05) is 26.2 Å². The summed E-state index contributed by atoms with van der Waals surface area (Å²) < 4.78 is 18.9. The van der Waals surface area contributed by atoms with Crippen LogP contribution in [0.2, 0.25) is 5.02 Å². The van der Waals surface area contributed by atoms with E-state index >= 15 is 0 Å². The Balaban J connectivity index is 1.68. The van der Waals surface area contributed by atoms with Crippen LogP contribution < -0.4 is 5.32 Å². The van der Waals surface area contributed by atoms with Gasteiger partial charge in [-0.3, -0.25) is 4.79 Å². The van der Waals surface area contributed by atoms with Crippen molar-refractivity contribution in [3.05, 3.63) is 34.6 Å². The lowest BCUT2D eigenvalue weighted by Crippen LogP contribution is -2.49. The molecule has 3 rings (SSSR count). The van der Waals surface area contributed by atoms with Gasteiger partial charge in [-0.1, -0.05) is 17.7 Å². The van der Waals surface area contributed by atoms with E-state index in [0.717, 1.165) is 5.56 Å². The largest absolute Gasteiger partial charge is 0.392 e. The Morgan fingerprint density at radius 1 is 1.50 bits per heavy atom. The Bertz CT molecular complexity index is 572. The molecule has 5 nitrogen and oxygen atoms in total. The predicted molar refractivity (Wildman–Crippen MR) is 79.1 cm³/mol. The quantitative estimate of drug-likeness (QED) is 0.853. The van der Waals surface area contributed by atoms with E-state index < -0.39 is 11.9 Å². The minimum absolute atomic E-state index is 0.0296. The van der Waals surface area contributed by atoms with E-state index in [4.69, 9.17) is 16.3 Å². The van der Waals surface area contributed by atoms with Gasteiger partial charge in [0.1, 0.15) is 11.9 Å². The average molecular weight is 329 g/mol. The first-order valence-electron chi connectivity index (χ1n) is 7.31. The number of carbonyl (C=O) groups excluding carboxylic acids is 1. The van der Waals surface area contributed by atoms with E-state index in [1.54, 1.807) is 11.0 Å². The van der Waals surface area contributed by atoms with Crippen LogP contribution in [0.4, 0.5) is 4.39 Å². The number of hydrogen-bond acceptors (Lipinski definition) is 4. The molecule has 0 spiro atoms. The molecule has 22 heavy (non-hydrogen) atoms. The van der Waals surface area contributed by atoms with Crippen LogP contribution in [0.3, 0.4) is 0 Å². The molecule has 2 N–H and O–H groups in total. The number of carbonyl (C=O) groups is 1. The standard InChI is InChI=1S/C15H18ClFN2O3/c16-11-5-9(1-2-12(11)17)14-8-19(3-4-22-14)15(21)13-6-10(20)7-18-13/h1-2,5,10,13-14,18,20H,3-4,6-8H2/t10-,13+,14-/m1/s1. The van der Waals surface area contributed by atoms with Gasteiger partial charge in [-0.25, -0.2) is 4.39 Å². The predicted octanol–water partition coefficient (Wildman–Crippen LogP) is 1.10. The van der Waals surface area contributed by atoms with Crippen molar-refractivity contribution in [3.63, 3.8) is 0 Å². The molecule has 0 aromatic heterocycles. The lowest BCUT2D eigenvalue weighted by Gasteiger charge is -2.34. The molecule has 0 unspecified atom stereocenters. The van der Waals surface area contributed by atoms with Crippen LogP contribution in [0.1, 0.15) is 18.1 Å². The Morgan fingerprint density at radius 3 is 3.00 bits per heavy atom. The Hall–Kier alpha value is -1.21. The minimum Gasteiger partial charge on any atom is -0.392 e. The fourth-order valence-corrected chi connectivity index (χ4v) is 3.08. The summed E-state index contributed by atoms with van der Waals surface area (Å²) in [6.07, 6.45) is -0.354. The van der Waals surface area contributed by atoms with Crippen molar-refractivity contribution in [3.8, 4) is 0 Å². The van der Waals surface area contributed by atoms with E-state index in [2.05, 4.69) is 5.32 Å². The Labute approximate surface area is 133 Å². The molecule has 0 saturated carbocycles. The van der Waals surface area contributed by atoms with E-state index in [0.29, 0.717) is 32.7 Å². The highest BCUT2D eigenvalue weighted by molar-refractivity contribution is 6.30. The van der Waals surface area contributed by atoms with Gasteiger partial charge in [0.15, 0.2) is 0 Å². The third-order valence-electron chi connectivity index (χ3n) is 4.10. The molecule has 2 fully saturated rings. The fraction of sp³-hybridized carbons (Fsp3) is 0.533. The molecule has 0 aliphatic carbocycles. The lowest BCUT2D eigenvalue weighted by atomic mass is 10.1. The highest BCUT2D eigenvalue weighted by atomic mass is 35.5. The first kappa shape index (κ1) is 15.7. The zero-order chi connectivity index (χ0) is 15.7. The highest BCUT2D eigenvalue weighted by Gasteiger charge is 2.34. The van der Waals surface area contributed by atoms with Crippen LogP contribution in [0, 0.1) is 5.82 Å². The molecule has 0 radical (unpaired) electrons. The van der Waals surface area contributed by atoms with Crippen LogP contribution in [0.5, 0.6) is 0 Å². The molecule has 2 saturated heterocycles. The van der Waals surface area contributed by atoms with E-state index in [9.17, 15) is 14.3 Å². The second kappa shape index (κ2) is 6.50. The summed E-state index contributed by atoms with van der Waals surface area (Å²) in [5.41, 5.74) is 0.753. The maximum absolute atomic E-state index is 13.2. The van der Waals surface area contributed by atoms with Crippen molar-refractivity contribution in [1.82, 2.24) is 10.2 Å². The van der Waals surface area contributed by atoms with Crippen LogP contribution in [0.15, 0.2) is 18.2 Å². The van der Waals surface area contributed by atoms with Crippen molar-refractivity contribution in [2.24, 2.45) is 0 Å². The molecule has 1 aromatic rings. The number of aliphatic hydroxyl groups excluding tert-OH is 1. The van der Waals surface area contributed by atoms with E-state index in [1.165, 1.54) is 12.1 Å². The smallest absolute Gasteiger partial charge is 0.239 e. The number of ether oxygens (including phenoxy) is 1. The molecular formula is C15H18ClFN2O3. The average Bonchev–Trinajstić information content (AvgIpc) is 2.96. The zero-order valence-electron chi connectivity index (χ0n) is 12.0. The van der Waals surface area contributed by atoms with Crippen molar-refractivity contribution >= 4 is 17.5 Å². The van der Waals surface area contributed by atoms with Gasteiger partial charge in [0.2, 0.25) is 5.91 Å². The molecule has 7 heteroatoms. The summed E-state index contributed by atoms with van der Waals surface area (Å²) in [6, 6.07) is 4.12. The van der Waals surface area contributed by atoms with Gasteiger partial charge in [0.05, 0.1) is 30.3 Å². The van der Waals surface area contributed by atoms with Gasteiger partial charge < -0.3 is 20.1 Å².